The second kappa shape index (κ2) is 9.29. The second-order valence-corrected chi connectivity index (χ2v) is 8.52. The van der Waals surface area contributed by atoms with Gasteiger partial charge in [-0.2, -0.15) is 8.78 Å². The van der Waals surface area contributed by atoms with E-state index in [1.165, 1.54) is 23.8 Å². The number of carbonyl (C=O) groups excluding carboxylic acids is 1. The van der Waals surface area contributed by atoms with Gasteiger partial charge in [-0.15, -0.1) is 0 Å². The third-order valence-corrected chi connectivity index (χ3v) is 6.25. The van der Waals surface area contributed by atoms with E-state index in [0.717, 1.165) is 11.3 Å². The molecule has 10 heteroatoms. The number of nitrogens with zero attached hydrogens (tertiary/aromatic N) is 2. The Morgan fingerprint density at radius 1 is 1.18 bits per heavy atom. The van der Waals surface area contributed by atoms with E-state index in [2.05, 4.69) is 9.73 Å². The molecule has 2 heterocycles. The number of hydrogen-bond donors (Lipinski definition) is 0. The van der Waals surface area contributed by atoms with Gasteiger partial charge in [-0.05, 0) is 48.4 Å². The maximum atomic E-state index is 13.4. The van der Waals surface area contributed by atoms with Crippen molar-refractivity contribution >= 4 is 35.0 Å². The fourth-order valence-corrected chi connectivity index (χ4v) is 4.72. The molecule has 0 spiro atoms. The SMILES string of the molecule is COC(=O)C1=C(C)N=c2s/c(=C\c3ccc(OC(F)F)cc3)c(=O)n2C1c1ccc(Cl)cc1. The van der Waals surface area contributed by atoms with Crippen LogP contribution in [0.15, 0.2) is 69.6 Å². The lowest BCUT2D eigenvalue weighted by atomic mass is 9.96. The van der Waals surface area contributed by atoms with Crippen LogP contribution in [-0.2, 0) is 9.53 Å². The summed E-state index contributed by atoms with van der Waals surface area (Å²) in [6.45, 7) is -1.23. The van der Waals surface area contributed by atoms with Gasteiger partial charge in [0.05, 0.1) is 29.0 Å². The molecule has 4 rings (SSSR count). The molecule has 1 aliphatic rings. The normalized spacial score (nSPS) is 15.9. The summed E-state index contributed by atoms with van der Waals surface area (Å²) in [5, 5.41) is 0.519. The Morgan fingerprint density at radius 3 is 2.45 bits per heavy atom. The van der Waals surface area contributed by atoms with Crippen LogP contribution in [0.4, 0.5) is 8.78 Å². The van der Waals surface area contributed by atoms with Crippen LogP contribution in [-0.4, -0.2) is 24.3 Å². The number of methoxy groups -OCH3 is 1. The van der Waals surface area contributed by atoms with E-state index in [1.807, 2.05) is 0 Å². The van der Waals surface area contributed by atoms with E-state index in [1.54, 1.807) is 49.4 Å². The van der Waals surface area contributed by atoms with Crippen molar-refractivity contribution < 1.29 is 23.0 Å². The van der Waals surface area contributed by atoms with Crippen LogP contribution >= 0.6 is 22.9 Å². The maximum absolute atomic E-state index is 13.4. The maximum Gasteiger partial charge on any atom is 0.387 e. The van der Waals surface area contributed by atoms with Crippen LogP contribution in [0, 0.1) is 0 Å². The summed E-state index contributed by atoms with van der Waals surface area (Å²) in [6.07, 6.45) is 1.63. The van der Waals surface area contributed by atoms with Gasteiger partial charge in [-0.1, -0.05) is 47.2 Å². The fraction of sp³-hybridized carbons (Fsp3) is 0.174. The van der Waals surface area contributed by atoms with Crippen molar-refractivity contribution in [1.82, 2.24) is 4.57 Å². The average Bonchev–Trinajstić information content (AvgIpc) is 3.08. The molecule has 6 nitrogen and oxygen atoms in total. The summed E-state index contributed by atoms with van der Waals surface area (Å²) in [4.78, 5) is 30.9. The van der Waals surface area contributed by atoms with Crippen molar-refractivity contribution in [1.29, 1.82) is 0 Å². The van der Waals surface area contributed by atoms with E-state index >= 15 is 0 Å². The summed E-state index contributed by atoms with van der Waals surface area (Å²) >= 11 is 7.19. The number of carbonyl (C=O) groups is 1. The van der Waals surface area contributed by atoms with E-state index in [-0.39, 0.29) is 16.9 Å². The quantitative estimate of drug-likeness (QED) is 0.512. The molecule has 0 radical (unpaired) electrons. The predicted octanol–water partition coefficient (Wildman–Crippen LogP) is 3.66. The average molecular weight is 491 g/mol. The monoisotopic (exact) mass is 490 g/mol. The Hall–Kier alpha value is -3.30. The number of fused-ring (bicyclic) bond motifs is 1. The zero-order chi connectivity index (χ0) is 23.7. The smallest absolute Gasteiger partial charge is 0.387 e. The number of aromatic nitrogens is 1. The van der Waals surface area contributed by atoms with Crippen LogP contribution in [0.1, 0.15) is 24.1 Å². The standard InChI is InChI=1S/C23H17ClF2N2O4S/c1-12-18(21(30)31-2)19(14-5-7-15(24)8-6-14)28-20(29)17(33-23(28)27-12)11-13-3-9-16(10-4-13)32-22(25)26/h3-11,19,22H,1-2H3/b17-11-. The highest BCUT2D eigenvalue weighted by Gasteiger charge is 2.33. The molecule has 1 unspecified atom stereocenters. The first kappa shape index (κ1) is 22.9. The lowest BCUT2D eigenvalue weighted by molar-refractivity contribution is -0.136. The molecule has 33 heavy (non-hydrogen) atoms. The van der Waals surface area contributed by atoms with Gasteiger partial charge in [0.2, 0.25) is 0 Å². The predicted molar refractivity (Wildman–Crippen MR) is 120 cm³/mol. The number of thiazole rings is 1. The van der Waals surface area contributed by atoms with Crippen molar-refractivity contribution in [3.63, 3.8) is 0 Å². The second-order valence-electron chi connectivity index (χ2n) is 7.07. The Balaban J connectivity index is 1.86. The van der Waals surface area contributed by atoms with Crippen LogP contribution in [0.5, 0.6) is 5.75 Å². The minimum atomic E-state index is -2.92. The zero-order valence-electron chi connectivity index (χ0n) is 17.4. The van der Waals surface area contributed by atoms with Crippen LogP contribution < -0.4 is 19.6 Å². The molecule has 1 atom stereocenters. The highest BCUT2D eigenvalue weighted by molar-refractivity contribution is 7.07. The molecule has 1 aliphatic heterocycles. The fourth-order valence-electron chi connectivity index (χ4n) is 3.55. The molecule has 2 aromatic carbocycles. The molecule has 170 valence electrons. The van der Waals surface area contributed by atoms with E-state index in [4.69, 9.17) is 16.3 Å². The van der Waals surface area contributed by atoms with Gasteiger partial charge >= 0.3 is 12.6 Å². The van der Waals surface area contributed by atoms with Crippen LogP contribution in [0.2, 0.25) is 5.02 Å². The lowest BCUT2D eigenvalue weighted by Gasteiger charge is -2.24. The van der Waals surface area contributed by atoms with Gasteiger partial charge < -0.3 is 9.47 Å². The van der Waals surface area contributed by atoms with Crippen molar-refractivity contribution in [3.8, 4) is 5.75 Å². The first-order valence-electron chi connectivity index (χ1n) is 9.69. The Labute approximate surface area is 195 Å². The summed E-state index contributed by atoms with van der Waals surface area (Å²) in [7, 11) is 1.27. The Bertz CT molecular complexity index is 1410. The van der Waals surface area contributed by atoms with E-state index in [0.29, 0.717) is 31.2 Å². The molecule has 0 fully saturated rings. The minimum absolute atomic E-state index is 0.0182. The van der Waals surface area contributed by atoms with Gasteiger partial charge in [0.1, 0.15) is 5.75 Å². The van der Waals surface area contributed by atoms with E-state index in [9.17, 15) is 18.4 Å². The van der Waals surface area contributed by atoms with Crippen molar-refractivity contribution in [2.45, 2.75) is 19.6 Å². The third-order valence-electron chi connectivity index (χ3n) is 5.02. The Morgan fingerprint density at radius 2 is 1.85 bits per heavy atom. The topological polar surface area (TPSA) is 69.9 Å². The van der Waals surface area contributed by atoms with Crippen LogP contribution in [0.25, 0.3) is 6.08 Å². The highest BCUT2D eigenvalue weighted by atomic mass is 35.5. The van der Waals surface area contributed by atoms with Crippen molar-refractivity contribution in [2.75, 3.05) is 7.11 Å². The molecule has 0 amide bonds. The number of hydrogen-bond acceptors (Lipinski definition) is 6. The summed E-state index contributed by atoms with van der Waals surface area (Å²) in [5.41, 5.74) is 1.65. The zero-order valence-corrected chi connectivity index (χ0v) is 19.0. The van der Waals surface area contributed by atoms with Crippen LogP contribution in [0.3, 0.4) is 0 Å². The highest BCUT2D eigenvalue weighted by Crippen LogP contribution is 2.31. The molecule has 0 saturated carbocycles. The first-order valence-corrected chi connectivity index (χ1v) is 10.9. The van der Waals surface area contributed by atoms with Crippen molar-refractivity contribution in [3.05, 3.63) is 95.6 Å². The molecular formula is C23H17ClF2N2O4S. The number of alkyl halides is 2. The number of benzene rings is 2. The summed E-state index contributed by atoms with van der Waals surface area (Å²) < 4.78 is 35.9. The summed E-state index contributed by atoms with van der Waals surface area (Å²) in [6, 6.07) is 12.0. The number of rotatable bonds is 5. The lowest BCUT2D eigenvalue weighted by Crippen LogP contribution is -2.39. The number of halogens is 3. The first-order chi connectivity index (χ1) is 15.8. The molecule has 0 bridgehead atoms. The largest absolute Gasteiger partial charge is 0.466 e. The molecule has 0 saturated heterocycles. The number of esters is 1. The molecule has 1 aromatic heterocycles. The van der Waals surface area contributed by atoms with Gasteiger partial charge in [0, 0.05) is 5.02 Å². The van der Waals surface area contributed by atoms with Gasteiger partial charge in [-0.25, -0.2) is 9.79 Å². The molecular weight excluding hydrogens is 474 g/mol. The number of allylic oxidation sites excluding steroid dienone is 1. The van der Waals surface area contributed by atoms with Gasteiger partial charge in [-0.3, -0.25) is 9.36 Å². The number of ether oxygens (including phenoxy) is 2. The van der Waals surface area contributed by atoms with Gasteiger partial charge in [0.15, 0.2) is 4.80 Å². The summed E-state index contributed by atoms with van der Waals surface area (Å²) in [5.74, 6) is -0.565. The minimum Gasteiger partial charge on any atom is -0.466 e. The third kappa shape index (κ3) is 4.60. The molecule has 0 aliphatic carbocycles. The van der Waals surface area contributed by atoms with Crippen molar-refractivity contribution in [2.24, 2.45) is 4.99 Å². The molecule has 0 N–H and O–H groups in total. The molecule has 3 aromatic rings. The van der Waals surface area contributed by atoms with E-state index < -0.39 is 18.6 Å². The Kier molecular flexibility index (Phi) is 6.44. The van der Waals surface area contributed by atoms with Gasteiger partial charge in [0.25, 0.3) is 5.56 Å².